The van der Waals surface area contributed by atoms with Crippen LogP contribution >= 0.6 is 0 Å². The number of nitrogens with one attached hydrogen (secondary N) is 2. The zero-order valence-electron chi connectivity index (χ0n) is 6.83. The minimum Gasteiger partial charge on any atom is -0.480 e. The molecule has 1 rings (SSSR count). The van der Waals surface area contributed by atoms with Crippen molar-refractivity contribution in [3.8, 4) is 0 Å². The van der Waals surface area contributed by atoms with Crippen LogP contribution in [0.1, 0.15) is 13.3 Å². The maximum absolute atomic E-state index is 11.0. The van der Waals surface area contributed by atoms with Crippen molar-refractivity contribution in [3.63, 3.8) is 0 Å². The number of carboxylic acids is 1. The first-order valence-electron chi connectivity index (χ1n) is 3.88. The van der Waals surface area contributed by atoms with Crippen molar-refractivity contribution in [2.24, 2.45) is 0 Å². The van der Waals surface area contributed by atoms with Crippen molar-refractivity contribution in [1.82, 2.24) is 10.6 Å². The molecular weight excluding hydrogens is 160 g/mol. The van der Waals surface area contributed by atoms with Gasteiger partial charge in [0.15, 0.2) is 0 Å². The van der Waals surface area contributed by atoms with E-state index in [1.807, 2.05) is 0 Å². The Labute approximate surface area is 70.1 Å². The summed E-state index contributed by atoms with van der Waals surface area (Å²) in [5.41, 5.74) is 0. The van der Waals surface area contributed by atoms with Gasteiger partial charge < -0.3 is 10.4 Å². The maximum atomic E-state index is 11.0. The minimum absolute atomic E-state index is 0.108. The number of hydrogen-bond donors (Lipinski definition) is 3. The summed E-state index contributed by atoms with van der Waals surface area (Å²) in [5.74, 6) is -1.04. The molecule has 12 heavy (non-hydrogen) atoms. The molecule has 0 aromatic carbocycles. The van der Waals surface area contributed by atoms with Crippen molar-refractivity contribution in [1.29, 1.82) is 0 Å². The minimum atomic E-state index is -0.935. The number of amides is 1. The highest BCUT2D eigenvalue weighted by atomic mass is 16.4. The highest BCUT2D eigenvalue weighted by Crippen LogP contribution is 2.00. The van der Waals surface area contributed by atoms with E-state index in [1.165, 1.54) is 6.92 Å². The molecule has 1 unspecified atom stereocenters. The van der Waals surface area contributed by atoms with E-state index in [2.05, 4.69) is 10.6 Å². The lowest BCUT2D eigenvalue weighted by Gasteiger charge is -2.12. The molecule has 5 nitrogen and oxygen atoms in total. The van der Waals surface area contributed by atoms with Crippen molar-refractivity contribution >= 4 is 11.9 Å². The lowest BCUT2D eigenvalue weighted by atomic mass is 10.2. The van der Waals surface area contributed by atoms with Gasteiger partial charge >= 0.3 is 5.97 Å². The number of carboxylic acid groups (broad SMARTS) is 1. The van der Waals surface area contributed by atoms with Gasteiger partial charge in [-0.25, -0.2) is 0 Å². The molecule has 1 amide bonds. The van der Waals surface area contributed by atoms with Crippen LogP contribution in [0.25, 0.3) is 0 Å². The summed E-state index contributed by atoms with van der Waals surface area (Å²) in [7, 11) is 0. The molecule has 0 aromatic rings. The normalized spacial score (nSPS) is 25.1. The number of rotatable bonds is 3. The molecule has 1 saturated heterocycles. The molecule has 0 radical (unpaired) electrons. The topological polar surface area (TPSA) is 78.4 Å². The summed E-state index contributed by atoms with van der Waals surface area (Å²) in [6.07, 6.45) is 0.663. The van der Waals surface area contributed by atoms with Crippen LogP contribution in [0.15, 0.2) is 0 Å². The van der Waals surface area contributed by atoms with Crippen LogP contribution in [0.4, 0.5) is 0 Å². The van der Waals surface area contributed by atoms with Crippen LogP contribution in [0.3, 0.4) is 0 Å². The van der Waals surface area contributed by atoms with Crippen molar-refractivity contribution in [2.45, 2.75) is 25.4 Å². The van der Waals surface area contributed by atoms with E-state index in [-0.39, 0.29) is 11.9 Å². The Morgan fingerprint density at radius 1 is 1.83 bits per heavy atom. The van der Waals surface area contributed by atoms with E-state index in [1.54, 1.807) is 0 Å². The zero-order chi connectivity index (χ0) is 9.14. The molecule has 3 N–H and O–H groups in total. The second-order valence-electron chi connectivity index (χ2n) is 2.86. The molecule has 1 aliphatic rings. The van der Waals surface area contributed by atoms with Gasteiger partial charge in [-0.2, -0.15) is 0 Å². The van der Waals surface area contributed by atoms with Crippen LogP contribution in [-0.4, -0.2) is 35.6 Å². The van der Waals surface area contributed by atoms with Gasteiger partial charge in [-0.05, 0) is 13.3 Å². The second kappa shape index (κ2) is 3.53. The average Bonchev–Trinajstić information content (AvgIpc) is 2.36. The first kappa shape index (κ1) is 8.99. The molecule has 5 heteroatoms. The monoisotopic (exact) mass is 172 g/mol. The Morgan fingerprint density at radius 3 is 2.92 bits per heavy atom. The number of carbonyl (C=O) groups is 2. The summed E-state index contributed by atoms with van der Waals surface area (Å²) in [4.78, 5) is 21.4. The molecule has 0 bridgehead atoms. The smallest absolute Gasteiger partial charge is 0.320 e. The van der Waals surface area contributed by atoms with Gasteiger partial charge in [-0.15, -0.1) is 0 Å². The van der Waals surface area contributed by atoms with E-state index >= 15 is 0 Å². The second-order valence-corrected chi connectivity index (χ2v) is 2.86. The third-order valence-electron chi connectivity index (χ3n) is 1.87. The largest absolute Gasteiger partial charge is 0.480 e. The summed E-state index contributed by atoms with van der Waals surface area (Å²) in [5, 5.41) is 13.9. The summed E-state index contributed by atoms with van der Waals surface area (Å²) < 4.78 is 0. The molecule has 2 atom stereocenters. The molecule has 1 heterocycles. The molecule has 0 saturated carbocycles. The Kier molecular flexibility index (Phi) is 2.65. The standard InChI is InChI=1S/C7H12N2O3/c1-4(7(11)12)9-5-2-3-8-6(5)10/h4-5,9H,2-3H2,1H3,(H,8,10)(H,11,12)/t4-,5?/m0/s1. The zero-order valence-corrected chi connectivity index (χ0v) is 6.83. The fraction of sp³-hybridized carbons (Fsp3) is 0.714. The number of carbonyl (C=O) groups excluding carboxylic acids is 1. The van der Waals surface area contributed by atoms with Crippen LogP contribution in [0.2, 0.25) is 0 Å². The third-order valence-corrected chi connectivity index (χ3v) is 1.87. The number of aliphatic carboxylic acids is 1. The molecule has 1 aliphatic heterocycles. The van der Waals surface area contributed by atoms with E-state index in [0.717, 1.165) is 0 Å². The van der Waals surface area contributed by atoms with E-state index < -0.39 is 12.0 Å². The molecule has 0 aromatic heterocycles. The van der Waals surface area contributed by atoms with Gasteiger partial charge in [-0.3, -0.25) is 14.9 Å². The molecular formula is C7H12N2O3. The molecule has 1 fully saturated rings. The van der Waals surface area contributed by atoms with E-state index in [9.17, 15) is 9.59 Å². The summed E-state index contributed by atoms with van der Waals surface area (Å²) >= 11 is 0. The fourth-order valence-corrected chi connectivity index (χ4v) is 1.13. The van der Waals surface area contributed by atoms with Gasteiger partial charge in [0.1, 0.15) is 6.04 Å². The van der Waals surface area contributed by atoms with E-state index in [0.29, 0.717) is 13.0 Å². The van der Waals surface area contributed by atoms with Gasteiger partial charge in [-0.1, -0.05) is 0 Å². The van der Waals surface area contributed by atoms with Crippen molar-refractivity contribution in [2.75, 3.05) is 6.54 Å². The Balaban J connectivity index is 2.40. The van der Waals surface area contributed by atoms with Crippen LogP contribution < -0.4 is 10.6 Å². The Bertz CT molecular complexity index is 205. The predicted octanol–water partition coefficient (Wildman–Crippen LogP) is -1.06. The highest BCUT2D eigenvalue weighted by Gasteiger charge is 2.26. The quantitative estimate of drug-likeness (QED) is 0.507. The highest BCUT2D eigenvalue weighted by molar-refractivity contribution is 5.84. The summed E-state index contributed by atoms with van der Waals surface area (Å²) in [6.45, 7) is 2.15. The SMILES string of the molecule is C[C@H](NC1CCNC1=O)C(=O)O. The van der Waals surface area contributed by atoms with Gasteiger partial charge in [0.05, 0.1) is 6.04 Å². The number of hydrogen-bond acceptors (Lipinski definition) is 3. The first-order chi connectivity index (χ1) is 5.61. The van der Waals surface area contributed by atoms with Gasteiger partial charge in [0.2, 0.25) is 5.91 Å². The van der Waals surface area contributed by atoms with Gasteiger partial charge in [0.25, 0.3) is 0 Å². The maximum Gasteiger partial charge on any atom is 0.320 e. The lowest BCUT2D eigenvalue weighted by Crippen LogP contribution is -2.44. The van der Waals surface area contributed by atoms with Crippen LogP contribution in [-0.2, 0) is 9.59 Å². The van der Waals surface area contributed by atoms with Crippen molar-refractivity contribution in [3.05, 3.63) is 0 Å². The molecule has 68 valence electrons. The molecule has 0 spiro atoms. The van der Waals surface area contributed by atoms with Gasteiger partial charge in [0, 0.05) is 6.54 Å². The van der Waals surface area contributed by atoms with Crippen molar-refractivity contribution < 1.29 is 14.7 Å². The Morgan fingerprint density at radius 2 is 2.50 bits per heavy atom. The predicted molar refractivity (Wildman–Crippen MR) is 41.6 cm³/mol. The first-order valence-corrected chi connectivity index (χ1v) is 3.88. The lowest BCUT2D eigenvalue weighted by molar-refractivity contribution is -0.139. The third kappa shape index (κ3) is 1.94. The Hall–Kier alpha value is -1.10. The fourth-order valence-electron chi connectivity index (χ4n) is 1.13. The van der Waals surface area contributed by atoms with E-state index in [4.69, 9.17) is 5.11 Å². The van der Waals surface area contributed by atoms with Crippen LogP contribution in [0.5, 0.6) is 0 Å². The summed E-state index contributed by atoms with van der Waals surface area (Å²) in [6, 6.07) is -1.00. The molecule has 0 aliphatic carbocycles. The average molecular weight is 172 g/mol. The van der Waals surface area contributed by atoms with Crippen LogP contribution in [0, 0.1) is 0 Å².